The van der Waals surface area contributed by atoms with Crippen LogP contribution in [0, 0.1) is 5.82 Å². The molecule has 7 heteroatoms. The molecule has 0 unspecified atom stereocenters. The van der Waals surface area contributed by atoms with Crippen LogP contribution < -0.4 is 0 Å². The van der Waals surface area contributed by atoms with Gasteiger partial charge in [-0.15, -0.1) is 11.3 Å². The maximum atomic E-state index is 13.4. The number of ketones is 1. The van der Waals surface area contributed by atoms with E-state index in [2.05, 4.69) is 0 Å². The van der Waals surface area contributed by atoms with E-state index in [0.717, 1.165) is 35.6 Å². The van der Waals surface area contributed by atoms with Gasteiger partial charge >= 0.3 is 6.18 Å². The van der Waals surface area contributed by atoms with Crippen LogP contribution in [0.5, 0.6) is 5.75 Å². The van der Waals surface area contributed by atoms with Crippen molar-refractivity contribution < 1.29 is 27.5 Å². The Balaban J connectivity index is 1.87. The van der Waals surface area contributed by atoms with Crippen LogP contribution in [0.3, 0.4) is 0 Å². The summed E-state index contributed by atoms with van der Waals surface area (Å²) in [5, 5.41) is 10.5. The summed E-state index contributed by atoms with van der Waals surface area (Å²) in [7, 11) is 0. The van der Waals surface area contributed by atoms with E-state index in [4.69, 9.17) is 0 Å². The van der Waals surface area contributed by atoms with E-state index in [9.17, 15) is 27.5 Å². The molecule has 2 nitrogen and oxygen atoms in total. The first kappa shape index (κ1) is 19.1. The number of carbonyl (C=O) groups excluding carboxylic acids is 1. The average molecular weight is 416 g/mol. The zero-order chi connectivity index (χ0) is 20.8. The Morgan fingerprint density at radius 2 is 1.55 bits per heavy atom. The number of hydrogen-bond donors (Lipinski definition) is 1. The number of benzene rings is 3. The molecular formula is C22H12F4O2S. The number of phenols is 1. The zero-order valence-electron chi connectivity index (χ0n) is 14.6. The smallest absolute Gasteiger partial charge is 0.416 e. The summed E-state index contributed by atoms with van der Waals surface area (Å²) in [6.07, 6.45) is -4.49. The molecule has 4 aromatic rings. The van der Waals surface area contributed by atoms with Gasteiger partial charge in [0, 0.05) is 21.2 Å². The van der Waals surface area contributed by atoms with Crippen molar-refractivity contribution in [1.29, 1.82) is 0 Å². The van der Waals surface area contributed by atoms with Crippen LogP contribution in [0.4, 0.5) is 17.6 Å². The van der Waals surface area contributed by atoms with Crippen LogP contribution in [0.15, 0.2) is 66.7 Å². The fraction of sp³-hybridized carbons (Fsp3) is 0.0455. The van der Waals surface area contributed by atoms with Gasteiger partial charge in [0.2, 0.25) is 5.78 Å². The van der Waals surface area contributed by atoms with Crippen LogP contribution in [0.25, 0.3) is 21.2 Å². The Morgan fingerprint density at radius 1 is 0.897 bits per heavy atom. The van der Waals surface area contributed by atoms with Crippen molar-refractivity contribution in [3.8, 4) is 16.9 Å². The number of thiophene rings is 1. The molecule has 0 aliphatic heterocycles. The fourth-order valence-electron chi connectivity index (χ4n) is 3.09. The van der Waals surface area contributed by atoms with Crippen molar-refractivity contribution in [1.82, 2.24) is 0 Å². The molecule has 0 radical (unpaired) electrons. The molecule has 29 heavy (non-hydrogen) atoms. The Bertz CT molecular complexity index is 1210. The highest BCUT2D eigenvalue weighted by Gasteiger charge is 2.30. The molecule has 0 bridgehead atoms. The lowest BCUT2D eigenvalue weighted by Gasteiger charge is -2.08. The predicted octanol–water partition coefficient (Wildman–Crippen LogP) is 6.66. The molecule has 146 valence electrons. The van der Waals surface area contributed by atoms with Gasteiger partial charge in [-0.2, -0.15) is 13.2 Å². The lowest BCUT2D eigenvalue weighted by Crippen LogP contribution is -2.06. The summed E-state index contributed by atoms with van der Waals surface area (Å²) in [5.41, 5.74) is 0.416. The molecule has 0 fully saturated rings. The molecule has 0 atom stereocenters. The van der Waals surface area contributed by atoms with Gasteiger partial charge in [0.05, 0.1) is 10.4 Å². The molecule has 0 saturated heterocycles. The monoisotopic (exact) mass is 416 g/mol. The molecule has 0 saturated carbocycles. The summed E-state index contributed by atoms with van der Waals surface area (Å²) in [4.78, 5) is 13.4. The van der Waals surface area contributed by atoms with Crippen LogP contribution in [-0.4, -0.2) is 10.9 Å². The van der Waals surface area contributed by atoms with Crippen LogP contribution in [-0.2, 0) is 6.18 Å². The SMILES string of the molecule is O=C(c1ccc(C(F)(F)F)cc1)c1sc2cc(O)ccc2c1-c1ccc(F)cc1. The summed E-state index contributed by atoms with van der Waals surface area (Å²) in [6.45, 7) is 0. The largest absolute Gasteiger partial charge is 0.508 e. The molecular weight excluding hydrogens is 404 g/mol. The predicted molar refractivity (Wildman–Crippen MR) is 104 cm³/mol. The Labute approximate surface area is 166 Å². The lowest BCUT2D eigenvalue weighted by molar-refractivity contribution is -0.137. The third-order valence-corrected chi connectivity index (χ3v) is 5.64. The highest BCUT2D eigenvalue weighted by atomic mass is 32.1. The van der Waals surface area contributed by atoms with Gasteiger partial charge in [0.15, 0.2) is 0 Å². The van der Waals surface area contributed by atoms with Gasteiger partial charge in [-0.05, 0) is 48.0 Å². The van der Waals surface area contributed by atoms with E-state index in [1.807, 2.05) is 0 Å². The van der Waals surface area contributed by atoms with Gasteiger partial charge in [-0.25, -0.2) is 4.39 Å². The maximum absolute atomic E-state index is 13.4. The molecule has 0 aliphatic rings. The highest BCUT2D eigenvalue weighted by Crippen LogP contribution is 2.41. The van der Waals surface area contributed by atoms with Gasteiger partial charge in [0.25, 0.3) is 0 Å². The minimum absolute atomic E-state index is 0.0259. The first-order valence-corrected chi connectivity index (χ1v) is 9.29. The van der Waals surface area contributed by atoms with Gasteiger partial charge < -0.3 is 5.11 Å². The number of carbonyl (C=O) groups is 1. The molecule has 1 heterocycles. The van der Waals surface area contributed by atoms with Gasteiger partial charge in [-0.3, -0.25) is 4.79 Å². The number of aromatic hydroxyl groups is 1. The second kappa shape index (κ2) is 7.00. The molecule has 0 amide bonds. The number of alkyl halides is 3. The highest BCUT2D eigenvalue weighted by molar-refractivity contribution is 7.21. The summed E-state index contributed by atoms with van der Waals surface area (Å²) >= 11 is 1.12. The molecule has 0 aliphatic carbocycles. The van der Waals surface area contributed by atoms with Crippen molar-refractivity contribution in [2.24, 2.45) is 0 Å². The standard InChI is InChI=1S/C22H12F4O2S/c23-15-7-3-12(4-8-15)19-17-10-9-16(27)11-18(17)29-21(19)20(28)13-1-5-14(6-2-13)22(24,25)26/h1-11,27H. The van der Waals surface area contributed by atoms with E-state index >= 15 is 0 Å². The first-order chi connectivity index (χ1) is 13.7. The number of rotatable bonds is 3. The summed E-state index contributed by atoms with van der Waals surface area (Å²) in [6, 6.07) is 14.3. The Morgan fingerprint density at radius 3 is 2.17 bits per heavy atom. The minimum Gasteiger partial charge on any atom is -0.508 e. The van der Waals surface area contributed by atoms with E-state index in [-0.39, 0.29) is 11.3 Å². The van der Waals surface area contributed by atoms with E-state index < -0.39 is 23.3 Å². The van der Waals surface area contributed by atoms with Crippen molar-refractivity contribution in [3.05, 3.63) is 88.6 Å². The second-order valence-corrected chi connectivity index (χ2v) is 7.45. The summed E-state index contributed by atoms with van der Waals surface area (Å²) < 4.78 is 52.4. The van der Waals surface area contributed by atoms with Crippen molar-refractivity contribution in [2.75, 3.05) is 0 Å². The van der Waals surface area contributed by atoms with Crippen molar-refractivity contribution in [2.45, 2.75) is 6.18 Å². The van der Waals surface area contributed by atoms with E-state index in [1.54, 1.807) is 6.07 Å². The van der Waals surface area contributed by atoms with Gasteiger partial charge in [0.1, 0.15) is 11.6 Å². The van der Waals surface area contributed by atoms with Crippen LogP contribution >= 0.6 is 11.3 Å². The maximum Gasteiger partial charge on any atom is 0.416 e. The number of phenolic OH excluding ortho intramolecular Hbond substituents is 1. The molecule has 3 aromatic carbocycles. The number of fused-ring (bicyclic) bond motifs is 1. The first-order valence-electron chi connectivity index (χ1n) is 8.47. The number of halogens is 4. The van der Waals surface area contributed by atoms with E-state index in [1.165, 1.54) is 36.4 Å². The third-order valence-electron chi connectivity index (χ3n) is 4.49. The normalized spacial score (nSPS) is 11.7. The van der Waals surface area contributed by atoms with Gasteiger partial charge in [-0.1, -0.05) is 24.3 Å². The zero-order valence-corrected chi connectivity index (χ0v) is 15.4. The molecule has 1 aromatic heterocycles. The molecule has 0 spiro atoms. The third kappa shape index (κ3) is 3.61. The van der Waals surface area contributed by atoms with E-state index in [0.29, 0.717) is 26.1 Å². The van der Waals surface area contributed by atoms with Crippen molar-refractivity contribution in [3.63, 3.8) is 0 Å². The Kier molecular flexibility index (Phi) is 4.62. The molecule has 4 rings (SSSR count). The topological polar surface area (TPSA) is 37.3 Å². The Hall–Kier alpha value is -3.19. The summed E-state index contributed by atoms with van der Waals surface area (Å²) in [5.74, 6) is -0.849. The van der Waals surface area contributed by atoms with Crippen LogP contribution in [0.2, 0.25) is 0 Å². The lowest BCUT2D eigenvalue weighted by atomic mass is 9.97. The fourth-order valence-corrected chi connectivity index (χ4v) is 4.31. The number of hydrogen-bond acceptors (Lipinski definition) is 3. The van der Waals surface area contributed by atoms with Crippen LogP contribution in [0.1, 0.15) is 20.8 Å². The minimum atomic E-state index is -4.49. The molecule has 1 N–H and O–H groups in total. The second-order valence-electron chi connectivity index (χ2n) is 6.40. The quantitative estimate of drug-likeness (QED) is 0.299. The van der Waals surface area contributed by atoms with Crippen molar-refractivity contribution >= 4 is 27.2 Å². The average Bonchev–Trinajstić information content (AvgIpc) is 3.06.